The number of aromatic nitrogens is 4. The predicted octanol–water partition coefficient (Wildman–Crippen LogP) is 5.97. The molecular weight excluding hydrogens is 556 g/mol. The summed E-state index contributed by atoms with van der Waals surface area (Å²) in [5.74, 6) is 1.02. The lowest BCUT2D eigenvalue weighted by Crippen LogP contribution is -2.55. The number of carbonyl (C=O) groups excluding carboxylic acids is 2. The smallest absolute Gasteiger partial charge is 0.254 e. The summed E-state index contributed by atoms with van der Waals surface area (Å²) in [5, 5.41) is 10.7. The van der Waals surface area contributed by atoms with E-state index in [9.17, 15) is 9.59 Å². The Morgan fingerprint density at radius 1 is 0.907 bits per heavy atom. The van der Waals surface area contributed by atoms with Crippen molar-refractivity contribution in [2.45, 2.75) is 50.9 Å². The maximum atomic E-state index is 13.1. The average molecular weight is 593 g/mol. The van der Waals surface area contributed by atoms with Gasteiger partial charge >= 0.3 is 0 Å². The van der Waals surface area contributed by atoms with Gasteiger partial charge in [0.25, 0.3) is 5.91 Å². The van der Waals surface area contributed by atoms with E-state index in [4.69, 9.17) is 4.98 Å². The number of nitrogens with zero attached hydrogens (tertiary/aromatic N) is 6. The molecule has 1 saturated heterocycles. The first kappa shape index (κ1) is 28.9. The Kier molecular flexibility index (Phi) is 8.69. The highest BCUT2D eigenvalue weighted by atomic mass is 32.2. The van der Waals surface area contributed by atoms with E-state index >= 15 is 0 Å². The van der Waals surface area contributed by atoms with Crippen molar-refractivity contribution in [2.75, 3.05) is 25.4 Å². The molecule has 8 nitrogen and oxygen atoms in total. The summed E-state index contributed by atoms with van der Waals surface area (Å²) in [6.45, 7) is 6.40. The van der Waals surface area contributed by atoms with Gasteiger partial charge in [-0.2, -0.15) is 0 Å². The van der Waals surface area contributed by atoms with Crippen LogP contribution in [0.3, 0.4) is 0 Å². The van der Waals surface area contributed by atoms with E-state index in [2.05, 4.69) is 51.2 Å². The highest BCUT2D eigenvalue weighted by Crippen LogP contribution is 2.28. The highest BCUT2D eigenvalue weighted by Gasteiger charge is 2.30. The van der Waals surface area contributed by atoms with Crippen LogP contribution in [0.2, 0.25) is 0 Å². The van der Waals surface area contributed by atoms with Gasteiger partial charge in [0.1, 0.15) is 5.52 Å². The zero-order valence-electron chi connectivity index (χ0n) is 24.6. The lowest BCUT2D eigenvalue weighted by Gasteiger charge is -2.40. The van der Waals surface area contributed by atoms with Crippen LogP contribution in [-0.2, 0) is 11.3 Å². The van der Waals surface area contributed by atoms with Gasteiger partial charge < -0.3 is 14.4 Å². The molecule has 1 aliphatic heterocycles. The Balaban J connectivity index is 1.02. The van der Waals surface area contributed by atoms with E-state index in [0.717, 1.165) is 51.8 Å². The number of thioether (sulfide) groups is 1. The van der Waals surface area contributed by atoms with Gasteiger partial charge in [-0.3, -0.25) is 9.59 Å². The molecular formula is C34H36N6O2S. The Hall–Kier alpha value is -4.24. The summed E-state index contributed by atoms with van der Waals surface area (Å²) in [5.41, 5.74) is 5.67. The standard InChI is InChI=1S/C34H36N6O2S/c1-24-12-6-7-15-27(24)33(42)39-20-19-38(22-25(39)2)30(41)18-10-11-21-43-34-35-32-31(36-37-34)28-16-8-9-17-29(28)40(32)23-26-13-4-3-5-14-26/h3-9,12-17,25H,10-11,18-23H2,1-2H3. The second-order valence-electron chi connectivity index (χ2n) is 11.2. The van der Waals surface area contributed by atoms with Gasteiger partial charge in [0.2, 0.25) is 11.1 Å². The second kappa shape index (κ2) is 13.0. The maximum Gasteiger partial charge on any atom is 0.254 e. The molecule has 9 heteroatoms. The van der Waals surface area contributed by atoms with Gasteiger partial charge in [-0.05, 0) is 49.9 Å². The van der Waals surface area contributed by atoms with Crippen molar-refractivity contribution in [3.05, 3.63) is 95.6 Å². The lowest BCUT2D eigenvalue weighted by molar-refractivity contribution is -0.133. The van der Waals surface area contributed by atoms with E-state index < -0.39 is 0 Å². The molecule has 0 saturated carbocycles. The van der Waals surface area contributed by atoms with Gasteiger partial charge in [0.05, 0.1) is 5.52 Å². The number of aryl methyl sites for hydroxylation is 1. The Morgan fingerprint density at radius 3 is 2.49 bits per heavy atom. The van der Waals surface area contributed by atoms with Crippen LogP contribution >= 0.6 is 11.8 Å². The molecule has 0 N–H and O–H groups in total. The molecule has 3 aromatic carbocycles. The zero-order chi connectivity index (χ0) is 29.8. The van der Waals surface area contributed by atoms with Crippen LogP contribution in [0, 0.1) is 6.92 Å². The molecule has 1 fully saturated rings. The normalized spacial score (nSPS) is 15.3. The van der Waals surface area contributed by atoms with E-state index in [1.807, 2.05) is 66.1 Å². The number of hydrogen-bond acceptors (Lipinski definition) is 6. The topological polar surface area (TPSA) is 84.2 Å². The zero-order valence-corrected chi connectivity index (χ0v) is 25.5. The largest absolute Gasteiger partial charge is 0.339 e. The number of carbonyl (C=O) groups is 2. The predicted molar refractivity (Wildman–Crippen MR) is 171 cm³/mol. The summed E-state index contributed by atoms with van der Waals surface area (Å²) in [6.07, 6.45) is 2.18. The molecule has 1 unspecified atom stereocenters. The third-order valence-electron chi connectivity index (χ3n) is 8.17. The van der Waals surface area contributed by atoms with E-state index in [1.54, 1.807) is 11.8 Å². The molecule has 0 spiro atoms. The molecule has 220 valence electrons. The molecule has 5 aromatic rings. The summed E-state index contributed by atoms with van der Waals surface area (Å²) in [6, 6.07) is 26.3. The summed E-state index contributed by atoms with van der Waals surface area (Å²) in [4.78, 5) is 34.8. The van der Waals surface area contributed by atoms with Crippen LogP contribution in [0.1, 0.15) is 47.7 Å². The van der Waals surface area contributed by atoms with Crippen LogP contribution in [-0.4, -0.2) is 72.8 Å². The fourth-order valence-electron chi connectivity index (χ4n) is 5.83. The molecule has 2 aromatic heterocycles. The fourth-order valence-corrected chi connectivity index (χ4v) is 6.61. The Morgan fingerprint density at radius 2 is 1.67 bits per heavy atom. The first-order chi connectivity index (χ1) is 21.0. The molecule has 6 rings (SSSR count). The van der Waals surface area contributed by atoms with E-state index in [0.29, 0.717) is 37.8 Å². The molecule has 0 aliphatic carbocycles. The highest BCUT2D eigenvalue weighted by molar-refractivity contribution is 7.99. The molecule has 3 heterocycles. The molecule has 1 aliphatic rings. The van der Waals surface area contributed by atoms with E-state index in [-0.39, 0.29) is 17.9 Å². The Bertz CT molecular complexity index is 1750. The molecule has 43 heavy (non-hydrogen) atoms. The minimum absolute atomic E-state index is 0.0163. The van der Waals surface area contributed by atoms with Crippen LogP contribution in [0.15, 0.2) is 84.0 Å². The quantitative estimate of drug-likeness (QED) is 0.155. The van der Waals surface area contributed by atoms with E-state index in [1.165, 1.54) is 5.56 Å². The number of amides is 2. The third kappa shape index (κ3) is 6.27. The monoisotopic (exact) mass is 592 g/mol. The number of piperazine rings is 1. The van der Waals surface area contributed by atoms with Crippen molar-refractivity contribution in [1.82, 2.24) is 29.5 Å². The van der Waals surface area contributed by atoms with Crippen molar-refractivity contribution in [3.63, 3.8) is 0 Å². The SMILES string of the molecule is Cc1ccccc1C(=O)N1CCN(C(=O)CCCCSc2nnc3c4ccccc4n(Cc4ccccc4)c3n2)CC1C. The van der Waals surface area contributed by atoms with Crippen molar-refractivity contribution in [2.24, 2.45) is 0 Å². The van der Waals surface area contributed by atoms with Crippen molar-refractivity contribution >= 4 is 45.6 Å². The number of unbranched alkanes of at least 4 members (excludes halogenated alkanes) is 1. The lowest BCUT2D eigenvalue weighted by atomic mass is 10.1. The summed E-state index contributed by atoms with van der Waals surface area (Å²) >= 11 is 1.58. The first-order valence-electron chi connectivity index (χ1n) is 14.9. The van der Waals surface area contributed by atoms with Crippen molar-refractivity contribution in [1.29, 1.82) is 0 Å². The van der Waals surface area contributed by atoms with Crippen LogP contribution < -0.4 is 0 Å². The number of hydrogen-bond donors (Lipinski definition) is 0. The Labute approximate surface area is 256 Å². The second-order valence-corrected chi connectivity index (χ2v) is 12.2. The van der Waals surface area contributed by atoms with Gasteiger partial charge in [0.15, 0.2) is 5.65 Å². The number of benzene rings is 3. The van der Waals surface area contributed by atoms with Crippen LogP contribution in [0.25, 0.3) is 22.1 Å². The molecule has 0 radical (unpaired) electrons. The minimum Gasteiger partial charge on any atom is -0.339 e. The number of para-hydroxylation sites is 1. The van der Waals surface area contributed by atoms with Crippen LogP contribution in [0.4, 0.5) is 0 Å². The summed E-state index contributed by atoms with van der Waals surface area (Å²) < 4.78 is 2.22. The van der Waals surface area contributed by atoms with Gasteiger partial charge in [-0.25, -0.2) is 4.98 Å². The molecule has 1 atom stereocenters. The van der Waals surface area contributed by atoms with Crippen molar-refractivity contribution < 1.29 is 9.59 Å². The van der Waals surface area contributed by atoms with Gasteiger partial charge in [-0.15, -0.1) is 10.2 Å². The number of fused-ring (bicyclic) bond motifs is 3. The third-order valence-corrected chi connectivity index (χ3v) is 9.09. The molecule has 2 amide bonds. The maximum absolute atomic E-state index is 13.1. The van der Waals surface area contributed by atoms with Crippen LogP contribution in [0.5, 0.6) is 0 Å². The fraction of sp³-hybridized carbons (Fsp3) is 0.324. The minimum atomic E-state index is -0.0163. The average Bonchev–Trinajstić information content (AvgIpc) is 3.33. The number of rotatable bonds is 9. The summed E-state index contributed by atoms with van der Waals surface area (Å²) in [7, 11) is 0. The van der Waals surface area contributed by atoms with Gasteiger partial charge in [-0.1, -0.05) is 78.5 Å². The van der Waals surface area contributed by atoms with Gasteiger partial charge in [0, 0.05) is 55.3 Å². The van der Waals surface area contributed by atoms with Crippen molar-refractivity contribution in [3.8, 4) is 0 Å². The molecule has 0 bridgehead atoms. The first-order valence-corrected chi connectivity index (χ1v) is 15.9.